The number of carboxylic acid groups (broad SMARTS) is 1. The Labute approximate surface area is 58.8 Å². The van der Waals surface area contributed by atoms with Crippen LogP contribution in [0.15, 0.2) is 0 Å². The van der Waals surface area contributed by atoms with Gasteiger partial charge >= 0.3 is 5.97 Å². The summed E-state index contributed by atoms with van der Waals surface area (Å²) in [6, 6.07) is 0. The lowest BCUT2D eigenvalue weighted by atomic mass is 10.1. The van der Waals surface area contributed by atoms with E-state index in [9.17, 15) is 4.79 Å². The second kappa shape index (κ2) is 2.75. The zero-order valence-corrected chi connectivity index (χ0v) is 5.77. The number of alkyl halides is 1. The third-order valence-electron chi connectivity index (χ3n) is 0.880. The standard InChI is InChI=1S/C6H7ClO2/c1-3-4-6(2,7)5(8)9/h1H,4H2,2H3,(H,8,9). The molecule has 0 aliphatic heterocycles. The molecule has 0 spiro atoms. The van der Waals surface area contributed by atoms with E-state index in [-0.39, 0.29) is 6.42 Å². The Hall–Kier alpha value is -0.680. The average Bonchev–Trinajstić information content (AvgIpc) is 1.65. The molecular formula is C6H7ClO2. The van der Waals surface area contributed by atoms with Crippen molar-refractivity contribution in [2.24, 2.45) is 0 Å². The Balaban J connectivity index is 4.06. The summed E-state index contributed by atoms with van der Waals surface area (Å²) in [5.74, 6) is 1.10. The van der Waals surface area contributed by atoms with E-state index in [0.717, 1.165) is 0 Å². The monoisotopic (exact) mass is 146 g/mol. The summed E-state index contributed by atoms with van der Waals surface area (Å²) in [5.41, 5.74) is 0. The van der Waals surface area contributed by atoms with E-state index in [0.29, 0.717) is 0 Å². The molecule has 0 heterocycles. The molecule has 1 N–H and O–H groups in total. The van der Waals surface area contributed by atoms with E-state index in [1.54, 1.807) is 0 Å². The van der Waals surface area contributed by atoms with Crippen molar-refractivity contribution in [2.45, 2.75) is 18.2 Å². The Morgan fingerprint density at radius 1 is 2.00 bits per heavy atom. The SMILES string of the molecule is C#CCC(C)(Cl)C(=O)O. The number of aliphatic carboxylic acids is 1. The predicted octanol–water partition coefficient (Wildman–Crippen LogP) is 1.09. The zero-order valence-electron chi connectivity index (χ0n) is 5.02. The summed E-state index contributed by atoms with van der Waals surface area (Å²) in [7, 11) is 0. The minimum absolute atomic E-state index is 0.0455. The third-order valence-corrected chi connectivity index (χ3v) is 1.18. The molecule has 0 rings (SSSR count). The highest BCUT2D eigenvalue weighted by Gasteiger charge is 2.28. The van der Waals surface area contributed by atoms with Crippen molar-refractivity contribution in [1.82, 2.24) is 0 Å². The van der Waals surface area contributed by atoms with Gasteiger partial charge in [-0.1, -0.05) is 0 Å². The molecule has 0 aromatic rings. The van der Waals surface area contributed by atoms with Crippen LogP contribution in [0, 0.1) is 12.3 Å². The maximum Gasteiger partial charge on any atom is 0.325 e. The minimum atomic E-state index is -1.30. The van der Waals surface area contributed by atoms with Crippen LogP contribution in [-0.4, -0.2) is 16.0 Å². The molecule has 0 saturated carbocycles. The van der Waals surface area contributed by atoms with Crippen LogP contribution >= 0.6 is 11.6 Å². The highest BCUT2D eigenvalue weighted by molar-refractivity contribution is 6.33. The van der Waals surface area contributed by atoms with Gasteiger partial charge in [0.25, 0.3) is 0 Å². The summed E-state index contributed by atoms with van der Waals surface area (Å²) < 4.78 is 0. The minimum Gasteiger partial charge on any atom is -0.480 e. The fourth-order valence-electron chi connectivity index (χ4n) is 0.267. The van der Waals surface area contributed by atoms with Gasteiger partial charge in [-0.2, -0.15) is 0 Å². The number of carbonyl (C=O) groups is 1. The molecule has 2 nitrogen and oxygen atoms in total. The summed E-state index contributed by atoms with van der Waals surface area (Å²) >= 11 is 5.43. The van der Waals surface area contributed by atoms with Gasteiger partial charge in [-0.25, -0.2) is 0 Å². The normalized spacial score (nSPS) is 15.7. The topological polar surface area (TPSA) is 37.3 Å². The van der Waals surface area contributed by atoms with Gasteiger partial charge in [0.2, 0.25) is 0 Å². The van der Waals surface area contributed by atoms with Crippen LogP contribution in [-0.2, 0) is 4.79 Å². The van der Waals surface area contributed by atoms with Crippen LogP contribution in [0.4, 0.5) is 0 Å². The molecule has 0 aromatic carbocycles. The molecule has 1 unspecified atom stereocenters. The Morgan fingerprint density at radius 3 is 2.56 bits per heavy atom. The van der Waals surface area contributed by atoms with Crippen molar-refractivity contribution in [2.75, 3.05) is 0 Å². The molecule has 0 aliphatic carbocycles. The molecule has 3 heteroatoms. The number of hydrogen-bond donors (Lipinski definition) is 1. The Kier molecular flexibility index (Phi) is 2.54. The summed E-state index contributed by atoms with van der Waals surface area (Å²) in [5, 5.41) is 8.34. The van der Waals surface area contributed by atoms with Gasteiger partial charge in [-0.3, -0.25) is 4.79 Å². The largest absolute Gasteiger partial charge is 0.480 e. The van der Waals surface area contributed by atoms with Crippen molar-refractivity contribution in [3.8, 4) is 12.3 Å². The Bertz CT molecular complexity index is 155. The van der Waals surface area contributed by atoms with Crippen LogP contribution in [0.5, 0.6) is 0 Å². The maximum atomic E-state index is 10.2. The molecule has 0 radical (unpaired) electrons. The highest BCUT2D eigenvalue weighted by atomic mass is 35.5. The zero-order chi connectivity index (χ0) is 7.49. The van der Waals surface area contributed by atoms with E-state index in [1.807, 2.05) is 0 Å². The smallest absolute Gasteiger partial charge is 0.325 e. The first kappa shape index (κ1) is 8.32. The molecule has 0 amide bonds. The molecule has 0 aromatic heterocycles. The van der Waals surface area contributed by atoms with Crippen molar-refractivity contribution in [3.05, 3.63) is 0 Å². The molecule has 9 heavy (non-hydrogen) atoms. The highest BCUT2D eigenvalue weighted by Crippen LogP contribution is 2.17. The van der Waals surface area contributed by atoms with Gasteiger partial charge in [-0.15, -0.1) is 23.9 Å². The van der Waals surface area contributed by atoms with Crippen molar-refractivity contribution < 1.29 is 9.90 Å². The fraction of sp³-hybridized carbons (Fsp3) is 0.500. The van der Waals surface area contributed by atoms with E-state index in [1.165, 1.54) is 6.92 Å². The fourth-order valence-corrected chi connectivity index (χ4v) is 0.344. The van der Waals surface area contributed by atoms with Crippen molar-refractivity contribution >= 4 is 17.6 Å². The number of carboxylic acids is 1. The predicted molar refractivity (Wildman–Crippen MR) is 35.3 cm³/mol. The van der Waals surface area contributed by atoms with Crippen LogP contribution in [0.25, 0.3) is 0 Å². The molecule has 1 atom stereocenters. The van der Waals surface area contributed by atoms with E-state index in [4.69, 9.17) is 23.1 Å². The van der Waals surface area contributed by atoms with Gasteiger partial charge in [0.15, 0.2) is 0 Å². The first-order chi connectivity index (χ1) is 4.00. The van der Waals surface area contributed by atoms with Gasteiger partial charge in [-0.05, 0) is 6.92 Å². The Morgan fingerprint density at radius 2 is 2.44 bits per heavy atom. The number of terminal acetylenes is 1. The third kappa shape index (κ3) is 2.39. The van der Waals surface area contributed by atoms with Gasteiger partial charge < -0.3 is 5.11 Å². The lowest BCUT2D eigenvalue weighted by molar-refractivity contribution is -0.139. The lowest BCUT2D eigenvalue weighted by Gasteiger charge is -2.10. The second-order valence-electron chi connectivity index (χ2n) is 1.88. The first-order valence-corrected chi connectivity index (χ1v) is 2.74. The lowest BCUT2D eigenvalue weighted by Crippen LogP contribution is -2.27. The number of halogens is 1. The van der Waals surface area contributed by atoms with Crippen LogP contribution in [0.1, 0.15) is 13.3 Å². The molecule has 0 saturated heterocycles. The molecule has 0 aliphatic rings. The summed E-state index contributed by atoms with van der Waals surface area (Å²) in [6.45, 7) is 1.37. The van der Waals surface area contributed by atoms with Crippen molar-refractivity contribution in [1.29, 1.82) is 0 Å². The number of hydrogen-bond acceptors (Lipinski definition) is 1. The molecule has 0 fully saturated rings. The average molecular weight is 147 g/mol. The van der Waals surface area contributed by atoms with Crippen LogP contribution < -0.4 is 0 Å². The first-order valence-electron chi connectivity index (χ1n) is 2.36. The van der Waals surface area contributed by atoms with E-state index < -0.39 is 10.8 Å². The van der Waals surface area contributed by atoms with Gasteiger partial charge in [0.1, 0.15) is 4.87 Å². The molecular weight excluding hydrogens is 140 g/mol. The second-order valence-corrected chi connectivity index (χ2v) is 2.72. The van der Waals surface area contributed by atoms with Gasteiger partial charge in [0, 0.05) is 6.42 Å². The molecule has 50 valence electrons. The van der Waals surface area contributed by atoms with Gasteiger partial charge in [0.05, 0.1) is 0 Å². The number of rotatable bonds is 2. The van der Waals surface area contributed by atoms with E-state index >= 15 is 0 Å². The van der Waals surface area contributed by atoms with Crippen molar-refractivity contribution in [3.63, 3.8) is 0 Å². The maximum absolute atomic E-state index is 10.2. The summed E-state index contributed by atoms with van der Waals surface area (Å²) in [4.78, 5) is 8.89. The molecule has 0 bridgehead atoms. The van der Waals surface area contributed by atoms with E-state index in [2.05, 4.69) is 5.92 Å². The van der Waals surface area contributed by atoms with Crippen LogP contribution in [0.3, 0.4) is 0 Å². The van der Waals surface area contributed by atoms with Crippen LogP contribution in [0.2, 0.25) is 0 Å². The quantitative estimate of drug-likeness (QED) is 0.468. The summed E-state index contributed by atoms with van der Waals surface area (Å²) in [6.07, 6.45) is 4.90.